The van der Waals surface area contributed by atoms with Gasteiger partial charge in [-0.1, -0.05) is 0 Å². The van der Waals surface area contributed by atoms with E-state index in [1.54, 1.807) is 27.7 Å². The average molecular weight is 409 g/mol. The molecule has 5 rings (SSSR count). The molecule has 1 fully saturated rings. The fourth-order valence-electron chi connectivity index (χ4n) is 4.32. The molecule has 3 aromatic rings. The number of hydrogen-bond donors (Lipinski definition) is 0. The zero-order valence-corrected chi connectivity index (χ0v) is 17.2. The van der Waals surface area contributed by atoms with Gasteiger partial charge in [0.2, 0.25) is 0 Å². The van der Waals surface area contributed by atoms with Crippen LogP contribution in [-0.4, -0.2) is 71.9 Å². The molecule has 2 aliphatic heterocycles. The van der Waals surface area contributed by atoms with Gasteiger partial charge in [0, 0.05) is 70.0 Å². The second-order valence-electron chi connectivity index (χ2n) is 8.13. The van der Waals surface area contributed by atoms with E-state index in [1.807, 2.05) is 12.3 Å². The molecule has 2 aliphatic rings. The molecule has 0 aliphatic carbocycles. The Bertz CT molecular complexity index is 1010. The fraction of sp³-hybridized carbons (Fsp3) is 0.524. The van der Waals surface area contributed by atoms with E-state index in [2.05, 4.69) is 30.7 Å². The Hall–Kier alpha value is -2.78. The second-order valence-corrected chi connectivity index (χ2v) is 8.13. The number of aromatic nitrogens is 6. The van der Waals surface area contributed by atoms with Crippen LogP contribution in [0.15, 0.2) is 41.5 Å². The van der Waals surface area contributed by atoms with Gasteiger partial charge in [-0.05, 0) is 37.5 Å². The first-order chi connectivity index (χ1) is 14.7. The van der Waals surface area contributed by atoms with Crippen molar-refractivity contribution in [2.45, 2.75) is 38.9 Å². The SMILES string of the molecule is O=c1ccc(-n2cccn2)nn1CCN1CCN(Cc2cc3n(n2)CCCC3)CC1. The molecule has 0 amide bonds. The van der Waals surface area contributed by atoms with E-state index in [1.165, 1.54) is 24.2 Å². The fourth-order valence-corrected chi connectivity index (χ4v) is 4.32. The minimum Gasteiger partial charge on any atom is -0.299 e. The lowest BCUT2D eigenvalue weighted by molar-refractivity contribution is 0.121. The Labute approximate surface area is 175 Å². The lowest BCUT2D eigenvalue weighted by Crippen LogP contribution is -2.47. The van der Waals surface area contributed by atoms with Crippen molar-refractivity contribution in [2.75, 3.05) is 32.7 Å². The van der Waals surface area contributed by atoms with Gasteiger partial charge in [-0.15, -0.1) is 5.10 Å². The third-order valence-electron chi connectivity index (χ3n) is 6.04. The number of aryl methyl sites for hydroxylation is 2. The van der Waals surface area contributed by atoms with Gasteiger partial charge in [-0.2, -0.15) is 10.2 Å². The molecule has 0 saturated carbocycles. The minimum atomic E-state index is -0.0757. The van der Waals surface area contributed by atoms with Crippen molar-refractivity contribution in [1.82, 2.24) is 39.1 Å². The Morgan fingerprint density at radius 2 is 1.80 bits per heavy atom. The standard InChI is InChI=1S/C21H28N8O/c30-21-6-5-20(28-9-3-7-22-28)24-29(21)15-14-25-10-12-26(13-11-25)17-18-16-19-4-1-2-8-27(19)23-18/h3,5-7,9,16H,1-2,4,8,10-15,17H2. The van der Waals surface area contributed by atoms with Crippen LogP contribution in [0.5, 0.6) is 0 Å². The Kier molecular flexibility index (Phi) is 5.46. The highest BCUT2D eigenvalue weighted by molar-refractivity contribution is 5.17. The molecule has 0 spiro atoms. The summed E-state index contributed by atoms with van der Waals surface area (Å²) in [7, 11) is 0. The lowest BCUT2D eigenvalue weighted by Gasteiger charge is -2.34. The van der Waals surface area contributed by atoms with Gasteiger partial charge in [-0.25, -0.2) is 9.36 Å². The van der Waals surface area contributed by atoms with Crippen molar-refractivity contribution in [1.29, 1.82) is 0 Å². The second kappa shape index (κ2) is 8.53. The van der Waals surface area contributed by atoms with Crippen LogP contribution in [0.2, 0.25) is 0 Å². The highest BCUT2D eigenvalue weighted by atomic mass is 16.1. The average Bonchev–Trinajstić information content (AvgIpc) is 3.44. The minimum absolute atomic E-state index is 0.0757. The molecule has 0 N–H and O–H groups in total. The molecule has 0 radical (unpaired) electrons. The summed E-state index contributed by atoms with van der Waals surface area (Å²) in [6, 6.07) is 7.40. The molecule has 3 aromatic heterocycles. The van der Waals surface area contributed by atoms with Crippen molar-refractivity contribution in [3.63, 3.8) is 0 Å². The van der Waals surface area contributed by atoms with Gasteiger partial charge in [0.1, 0.15) is 0 Å². The summed E-state index contributed by atoms with van der Waals surface area (Å²) in [6.07, 6.45) is 7.22. The maximum absolute atomic E-state index is 12.2. The zero-order chi connectivity index (χ0) is 20.3. The predicted octanol–water partition coefficient (Wildman–Crippen LogP) is 0.780. The summed E-state index contributed by atoms with van der Waals surface area (Å²) >= 11 is 0. The molecular formula is C21H28N8O. The van der Waals surface area contributed by atoms with Crippen molar-refractivity contribution in [3.8, 4) is 5.82 Å². The Balaban J connectivity index is 1.13. The number of nitrogens with zero attached hydrogens (tertiary/aromatic N) is 8. The van der Waals surface area contributed by atoms with Gasteiger partial charge < -0.3 is 0 Å². The van der Waals surface area contributed by atoms with Crippen molar-refractivity contribution in [3.05, 3.63) is 58.4 Å². The molecule has 0 unspecified atom stereocenters. The quantitative estimate of drug-likeness (QED) is 0.600. The van der Waals surface area contributed by atoms with Crippen LogP contribution in [0, 0.1) is 0 Å². The van der Waals surface area contributed by atoms with Crippen LogP contribution < -0.4 is 5.56 Å². The summed E-state index contributed by atoms with van der Waals surface area (Å²) in [6.45, 7) is 7.46. The topological polar surface area (TPSA) is 77.0 Å². The summed E-state index contributed by atoms with van der Waals surface area (Å²) in [5, 5.41) is 13.4. The highest BCUT2D eigenvalue weighted by Crippen LogP contribution is 2.17. The predicted molar refractivity (Wildman–Crippen MR) is 113 cm³/mol. The number of fused-ring (bicyclic) bond motifs is 1. The van der Waals surface area contributed by atoms with E-state index in [-0.39, 0.29) is 5.56 Å². The normalized spacial score (nSPS) is 17.9. The molecule has 30 heavy (non-hydrogen) atoms. The monoisotopic (exact) mass is 408 g/mol. The lowest BCUT2D eigenvalue weighted by atomic mass is 10.1. The van der Waals surface area contributed by atoms with Gasteiger partial charge >= 0.3 is 0 Å². The van der Waals surface area contributed by atoms with Crippen LogP contribution in [0.1, 0.15) is 24.2 Å². The summed E-state index contributed by atoms with van der Waals surface area (Å²) in [4.78, 5) is 17.1. The van der Waals surface area contributed by atoms with E-state index in [0.29, 0.717) is 12.4 Å². The maximum Gasteiger partial charge on any atom is 0.266 e. The molecule has 1 saturated heterocycles. The molecule has 9 nitrogen and oxygen atoms in total. The van der Waals surface area contributed by atoms with E-state index < -0.39 is 0 Å². The van der Waals surface area contributed by atoms with E-state index in [4.69, 9.17) is 5.10 Å². The molecule has 0 atom stereocenters. The maximum atomic E-state index is 12.2. The van der Waals surface area contributed by atoms with Crippen LogP contribution in [0.25, 0.3) is 5.82 Å². The van der Waals surface area contributed by atoms with E-state index in [9.17, 15) is 4.79 Å². The van der Waals surface area contributed by atoms with Crippen molar-refractivity contribution >= 4 is 0 Å². The first-order valence-electron chi connectivity index (χ1n) is 10.8. The Morgan fingerprint density at radius 1 is 0.933 bits per heavy atom. The largest absolute Gasteiger partial charge is 0.299 e. The van der Waals surface area contributed by atoms with Crippen LogP contribution in [0.4, 0.5) is 0 Å². The molecule has 0 bridgehead atoms. The van der Waals surface area contributed by atoms with Gasteiger partial charge in [-0.3, -0.25) is 19.3 Å². The molecule has 5 heterocycles. The van der Waals surface area contributed by atoms with Gasteiger partial charge in [0.15, 0.2) is 5.82 Å². The van der Waals surface area contributed by atoms with Crippen molar-refractivity contribution < 1.29 is 0 Å². The van der Waals surface area contributed by atoms with Crippen LogP contribution in [-0.2, 0) is 26.1 Å². The number of piperazine rings is 1. The summed E-state index contributed by atoms with van der Waals surface area (Å²) < 4.78 is 5.40. The smallest absolute Gasteiger partial charge is 0.266 e. The summed E-state index contributed by atoms with van der Waals surface area (Å²) in [5.41, 5.74) is 2.52. The van der Waals surface area contributed by atoms with E-state index >= 15 is 0 Å². The zero-order valence-electron chi connectivity index (χ0n) is 17.2. The molecule has 158 valence electrons. The third-order valence-corrected chi connectivity index (χ3v) is 6.04. The van der Waals surface area contributed by atoms with Gasteiger partial charge in [0.25, 0.3) is 5.56 Å². The highest BCUT2D eigenvalue weighted by Gasteiger charge is 2.19. The first-order valence-corrected chi connectivity index (χ1v) is 10.8. The first kappa shape index (κ1) is 19.2. The Morgan fingerprint density at radius 3 is 2.60 bits per heavy atom. The van der Waals surface area contributed by atoms with E-state index in [0.717, 1.165) is 52.2 Å². The molecule has 9 heteroatoms. The molecular weight excluding hydrogens is 380 g/mol. The third kappa shape index (κ3) is 4.22. The van der Waals surface area contributed by atoms with Crippen LogP contribution in [0.3, 0.4) is 0 Å². The van der Waals surface area contributed by atoms with Crippen molar-refractivity contribution in [2.24, 2.45) is 0 Å². The van der Waals surface area contributed by atoms with Gasteiger partial charge in [0.05, 0.1) is 12.2 Å². The number of rotatable bonds is 6. The molecule has 0 aromatic carbocycles. The van der Waals surface area contributed by atoms with Crippen LogP contribution >= 0.6 is 0 Å². The summed E-state index contributed by atoms with van der Waals surface area (Å²) in [5.74, 6) is 0.659. The number of hydrogen-bond acceptors (Lipinski definition) is 6.